The second-order valence-corrected chi connectivity index (χ2v) is 7.89. The molecule has 2 aromatic heterocycles. The van der Waals surface area contributed by atoms with Crippen molar-refractivity contribution in [3.05, 3.63) is 68.0 Å². The summed E-state index contributed by atoms with van der Waals surface area (Å²) in [6.45, 7) is 1.53. The quantitative estimate of drug-likeness (QED) is 0.591. The molecule has 3 aromatic rings. The highest BCUT2D eigenvalue weighted by molar-refractivity contribution is 6.02. The average molecular weight is 436 g/mol. The van der Waals surface area contributed by atoms with Crippen LogP contribution in [0.4, 0.5) is 5.69 Å². The zero-order valence-corrected chi connectivity index (χ0v) is 18.2. The third kappa shape index (κ3) is 3.93. The minimum Gasteiger partial charge on any atom is -0.465 e. The van der Waals surface area contributed by atoms with Gasteiger partial charge < -0.3 is 10.1 Å². The van der Waals surface area contributed by atoms with E-state index < -0.39 is 29.7 Å². The number of anilines is 1. The number of pyridine rings is 1. The van der Waals surface area contributed by atoms with Crippen LogP contribution in [0.2, 0.25) is 0 Å². The topological polar surface area (TPSA) is 112 Å². The second kappa shape index (κ2) is 8.41. The first-order valence-electron chi connectivity index (χ1n) is 10.5. The van der Waals surface area contributed by atoms with Gasteiger partial charge in [0.15, 0.2) is 0 Å². The summed E-state index contributed by atoms with van der Waals surface area (Å²) < 4.78 is 6.86. The molecule has 0 aliphatic heterocycles. The predicted octanol–water partition coefficient (Wildman–Crippen LogP) is 1.96. The Morgan fingerprint density at radius 3 is 2.47 bits per heavy atom. The van der Waals surface area contributed by atoms with Gasteiger partial charge in [0.2, 0.25) is 5.91 Å². The fourth-order valence-electron chi connectivity index (χ4n) is 3.66. The van der Waals surface area contributed by atoms with Crippen LogP contribution in [-0.2, 0) is 29.5 Å². The number of carbonyl (C=O) groups excluding carboxylic acids is 2. The van der Waals surface area contributed by atoms with Gasteiger partial charge in [-0.2, -0.15) is 0 Å². The van der Waals surface area contributed by atoms with Crippen molar-refractivity contribution in [2.45, 2.75) is 38.6 Å². The van der Waals surface area contributed by atoms with Crippen molar-refractivity contribution in [3.8, 4) is 0 Å². The third-order valence-electron chi connectivity index (χ3n) is 5.66. The molecule has 0 saturated heterocycles. The first-order valence-corrected chi connectivity index (χ1v) is 10.5. The van der Waals surface area contributed by atoms with E-state index in [1.165, 1.54) is 18.7 Å². The van der Waals surface area contributed by atoms with Crippen LogP contribution in [0.1, 0.15) is 47.3 Å². The molecule has 32 heavy (non-hydrogen) atoms. The van der Waals surface area contributed by atoms with Gasteiger partial charge >= 0.3 is 11.7 Å². The Morgan fingerprint density at radius 2 is 1.88 bits per heavy atom. The standard InChI is InChI=1S/C23H24N4O5/c1-4-13-5-9-15(10-6-13)24-18(28)12-27-21(29)19-16(22(30)32-3)11-17(14-7-8-14)25-20(19)26(2)23(27)31/h5-6,9-11,14H,4,7-8,12H2,1-3H3,(H,24,28). The highest BCUT2D eigenvalue weighted by atomic mass is 16.5. The number of esters is 1. The number of aromatic nitrogens is 3. The number of aryl methyl sites for hydroxylation is 2. The number of hydrogen-bond acceptors (Lipinski definition) is 6. The summed E-state index contributed by atoms with van der Waals surface area (Å²) >= 11 is 0. The van der Waals surface area contributed by atoms with Crippen LogP contribution in [0.15, 0.2) is 39.9 Å². The molecule has 0 radical (unpaired) electrons. The zero-order valence-electron chi connectivity index (χ0n) is 18.2. The minimum atomic E-state index is -0.755. The maximum absolute atomic E-state index is 13.2. The lowest BCUT2D eigenvalue weighted by Gasteiger charge is -2.14. The molecule has 0 spiro atoms. The summed E-state index contributed by atoms with van der Waals surface area (Å²) in [5, 5.41) is 2.65. The van der Waals surface area contributed by atoms with E-state index in [2.05, 4.69) is 10.3 Å². The number of ether oxygens (including phenoxy) is 1. The highest BCUT2D eigenvalue weighted by Gasteiger charge is 2.29. The van der Waals surface area contributed by atoms with Crippen LogP contribution in [0, 0.1) is 0 Å². The highest BCUT2D eigenvalue weighted by Crippen LogP contribution is 2.39. The summed E-state index contributed by atoms with van der Waals surface area (Å²) in [4.78, 5) is 55.6. The first kappa shape index (κ1) is 21.5. The number of carbonyl (C=O) groups is 2. The molecular weight excluding hydrogens is 412 g/mol. The molecule has 0 bridgehead atoms. The molecule has 9 heteroatoms. The zero-order chi connectivity index (χ0) is 23.0. The number of methoxy groups -OCH3 is 1. The normalized spacial score (nSPS) is 13.2. The molecule has 4 rings (SSSR count). The van der Waals surface area contributed by atoms with Gasteiger partial charge in [-0.3, -0.25) is 18.7 Å². The van der Waals surface area contributed by atoms with Gasteiger partial charge in [-0.1, -0.05) is 19.1 Å². The van der Waals surface area contributed by atoms with E-state index in [4.69, 9.17) is 4.74 Å². The second-order valence-electron chi connectivity index (χ2n) is 7.89. The number of fused-ring (bicyclic) bond motifs is 1. The Morgan fingerprint density at radius 1 is 1.19 bits per heavy atom. The summed E-state index contributed by atoms with van der Waals surface area (Å²) in [5.41, 5.74) is 1.05. The Hall–Kier alpha value is -3.75. The maximum atomic E-state index is 13.2. The van der Waals surface area contributed by atoms with E-state index in [9.17, 15) is 19.2 Å². The lowest BCUT2D eigenvalue weighted by molar-refractivity contribution is -0.116. The molecule has 1 N–H and O–H groups in total. The number of benzene rings is 1. The van der Waals surface area contributed by atoms with E-state index in [0.717, 1.165) is 29.4 Å². The van der Waals surface area contributed by atoms with Crippen LogP contribution >= 0.6 is 0 Å². The van der Waals surface area contributed by atoms with Gasteiger partial charge in [0.05, 0.1) is 18.1 Å². The molecule has 1 aliphatic carbocycles. The number of nitrogens with zero attached hydrogens (tertiary/aromatic N) is 3. The van der Waals surface area contributed by atoms with Gasteiger partial charge in [0.25, 0.3) is 5.56 Å². The third-order valence-corrected chi connectivity index (χ3v) is 5.66. The van der Waals surface area contributed by atoms with Crippen molar-refractivity contribution in [1.82, 2.24) is 14.1 Å². The van der Waals surface area contributed by atoms with Crippen molar-refractivity contribution in [2.24, 2.45) is 7.05 Å². The fourth-order valence-corrected chi connectivity index (χ4v) is 3.66. The van der Waals surface area contributed by atoms with E-state index in [-0.39, 0.29) is 22.5 Å². The molecule has 166 valence electrons. The Kier molecular flexibility index (Phi) is 5.65. The Bertz CT molecular complexity index is 1330. The number of hydrogen-bond donors (Lipinski definition) is 1. The molecule has 1 saturated carbocycles. The Labute approximate surface area is 183 Å². The van der Waals surface area contributed by atoms with Crippen molar-refractivity contribution < 1.29 is 14.3 Å². The van der Waals surface area contributed by atoms with Crippen LogP contribution in [0.25, 0.3) is 11.0 Å². The van der Waals surface area contributed by atoms with Gasteiger partial charge in [0.1, 0.15) is 12.2 Å². The van der Waals surface area contributed by atoms with Gasteiger partial charge in [-0.15, -0.1) is 0 Å². The van der Waals surface area contributed by atoms with Gasteiger partial charge in [0, 0.05) is 24.3 Å². The maximum Gasteiger partial charge on any atom is 0.338 e. The van der Waals surface area contributed by atoms with E-state index in [0.29, 0.717) is 11.4 Å². The fraction of sp³-hybridized carbons (Fsp3) is 0.348. The lowest BCUT2D eigenvalue weighted by atomic mass is 10.1. The smallest absolute Gasteiger partial charge is 0.338 e. The molecule has 1 fully saturated rings. The van der Waals surface area contributed by atoms with Gasteiger partial charge in [-0.05, 0) is 43.0 Å². The lowest BCUT2D eigenvalue weighted by Crippen LogP contribution is -2.42. The number of rotatable bonds is 6. The number of amides is 1. The summed E-state index contributed by atoms with van der Waals surface area (Å²) in [6, 6.07) is 8.86. The van der Waals surface area contributed by atoms with Crippen molar-refractivity contribution in [3.63, 3.8) is 0 Å². The van der Waals surface area contributed by atoms with Crippen molar-refractivity contribution >= 4 is 28.6 Å². The van der Waals surface area contributed by atoms with Crippen LogP contribution in [0.5, 0.6) is 0 Å². The monoisotopic (exact) mass is 436 g/mol. The molecular formula is C23H24N4O5. The predicted molar refractivity (Wildman–Crippen MR) is 119 cm³/mol. The van der Waals surface area contributed by atoms with E-state index in [1.807, 2.05) is 19.1 Å². The number of nitrogens with one attached hydrogen (secondary N) is 1. The SMILES string of the molecule is CCc1ccc(NC(=O)Cn2c(=O)c3c(C(=O)OC)cc(C4CC4)nc3n(C)c2=O)cc1. The average Bonchev–Trinajstić information content (AvgIpc) is 3.65. The minimum absolute atomic E-state index is 0.0385. The molecule has 1 amide bonds. The van der Waals surface area contributed by atoms with Crippen LogP contribution in [-0.4, -0.2) is 33.1 Å². The molecule has 0 atom stereocenters. The molecule has 9 nitrogen and oxygen atoms in total. The summed E-state index contributed by atoms with van der Waals surface area (Å²) in [7, 11) is 2.69. The van der Waals surface area contributed by atoms with Gasteiger partial charge in [-0.25, -0.2) is 14.6 Å². The molecule has 1 aliphatic rings. The first-order chi connectivity index (χ1) is 15.3. The molecule has 2 heterocycles. The van der Waals surface area contributed by atoms with Crippen molar-refractivity contribution in [1.29, 1.82) is 0 Å². The van der Waals surface area contributed by atoms with Crippen LogP contribution < -0.4 is 16.6 Å². The summed E-state index contributed by atoms with van der Waals surface area (Å²) in [6.07, 6.45) is 2.74. The molecule has 0 unspecified atom stereocenters. The Balaban J connectivity index is 1.77. The molecule has 1 aromatic carbocycles. The summed E-state index contributed by atoms with van der Waals surface area (Å²) in [5.74, 6) is -1.03. The van der Waals surface area contributed by atoms with Crippen molar-refractivity contribution in [2.75, 3.05) is 12.4 Å². The largest absolute Gasteiger partial charge is 0.465 e. The van der Waals surface area contributed by atoms with E-state index in [1.54, 1.807) is 18.2 Å². The van der Waals surface area contributed by atoms with E-state index >= 15 is 0 Å². The van der Waals surface area contributed by atoms with Crippen LogP contribution in [0.3, 0.4) is 0 Å².